The van der Waals surface area contributed by atoms with Crippen molar-refractivity contribution < 1.29 is 14.3 Å². The van der Waals surface area contributed by atoms with Gasteiger partial charge in [0.25, 0.3) is 0 Å². The molecule has 0 heterocycles. The van der Waals surface area contributed by atoms with Gasteiger partial charge in [-0.25, -0.2) is 4.79 Å². The molecule has 1 unspecified atom stereocenters. The second-order valence-electron chi connectivity index (χ2n) is 5.20. The molecule has 1 rings (SSSR count). The van der Waals surface area contributed by atoms with Crippen LogP contribution in [0.15, 0.2) is 30.3 Å². The molecular formula is C16H25NO3. The van der Waals surface area contributed by atoms with Gasteiger partial charge in [-0.05, 0) is 24.9 Å². The van der Waals surface area contributed by atoms with Crippen molar-refractivity contribution in [3.8, 4) is 0 Å². The van der Waals surface area contributed by atoms with Gasteiger partial charge < -0.3 is 9.47 Å². The zero-order chi connectivity index (χ0) is 15.0. The highest BCUT2D eigenvalue weighted by molar-refractivity contribution is 5.83. The van der Waals surface area contributed by atoms with Crippen LogP contribution in [0.2, 0.25) is 0 Å². The molecule has 0 amide bonds. The van der Waals surface area contributed by atoms with E-state index in [0.717, 1.165) is 5.56 Å². The van der Waals surface area contributed by atoms with Crippen LogP contribution >= 0.6 is 0 Å². The summed E-state index contributed by atoms with van der Waals surface area (Å²) >= 11 is 0. The average Bonchev–Trinajstić information content (AvgIpc) is 2.44. The summed E-state index contributed by atoms with van der Waals surface area (Å²) in [6, 6.07) is 9.59. The van der Waals surface area contributed by atoms with Crippen molar-refractivity contribution >= 4 is 5.97 Å². The van der Waals surface area contributed by atoms with Gasteiger partial charge in [-0.15, -0.1) is 0 Å². The molecule has 20 heavy (non-hydrogen) atoms. The first kappa shape index (κ1) is 16.7. The number of hydrogen-bond donors (Lipinski definition) is 1. The second-order valence-corrected chi connectivity index (χ2v) is 5.20. The number of carbonyl (C=O) groups excluding carboxylic acids is 1. The van der Waals surface area contributed by atoms with Gasteiger partial charge in [0.05, 0.1) is 13.2 Å². The van der Waals surface area contributed by atoms with Crippen LogP contribution in [0.1, 0.15) is 26.3 Å². The molecule has 0 aliphatic carbocycles. The monoisotopic (exact) mass is 279 g/mol. The molecule has 0 bridgehead atoms. The van der Waals surface area contributed by atoms with Gasteiger partial charge in [0, 0.05) is 7.11 Å². The van der Waals surface area contributed by atoms with Crippen molar-refractivity contribution in [2.24, 2.45) is 5.92 Å². The van der Waals surface area contributed by atoms with E-state index in [2.05, 4.69) is 19.2 Å². The average molecular weight is 279 g/mol. The first-order valence-electron chi connectivity index (χ1n) is 7.03. The predicted octanol–water partition coefficient (Wildman–Crippen LogP) is 2.34. The second kappa shape index (κ2) is 8.02. The lowest BCUT2D eigenvalue weighted by molar-refractivity contribution is -0.154. The fourth-order valence-electron chi connectivity index (χ4n) is 2.06. The third-order valence-corrected chi connectivity index (χ3v) is 3.06. The van der Waals surface area contributed by atoms with E-state index in [1.165, 1.54) is 0 Å². The highest BCUT2D eigenvalue weighted by Gasteiger charge is 2.41. The Morgan fingerprint density at radius 3 is 2.45 bits per heavy atom. The van der Waals surface area contributed by atoms with Crippen LogP contribution in [-0.4, -0.2) is 32.8 Å². The quantitative estimate of drug-likeness (QED) is 0.742. The largest absolute Gasteiger partial charge is 0.464 e. The van der Waals surface area contributed by atoms with Crippen LogP contribution in [-0.2, 0) is 19.8 Å². The number of benzene rings is 1. The van der Waals surface area contributed by atoms with Crippen LogP contribution < -0.4 is 5.32 Å². The van der Waals surface area contributed by atoms with Crippen LogP contribution in [0.3, 0.4) is 0 Å². The summed E-state index contributed by atoms with van der Waals surface area (Å²) in [5.41, 5.74) is -0.0861. The molecule has 0 fully saturated rings. The zero-order valence-corrected chi connectivity index (χ0v) is 12.8. The van der Waals surface area contributed by atoms with E-state index in [4.69, 9.17) is 9.47 Å². The number of carbonyl (C=O) groups is 1. The maximum atomic E-state index is 12.5. The molecule has 4 nitrogen and oxygen atoms in total. The third-order valence-electron chi connectivity index (χ3n) is 3.06. The van der Waals surface area contributed by atoms with E-state index in [1.54, 1.807) is 7.11 Å². The molecular weight excluding hydrogens is 254 g/mol. The number of nitrogens with one attached hydrogen (secondary N) is 1. The third kappa shape index (κ3) is 4.05. The van der Waals surface area contributed by atoms with Crippen molar-refractivity contribution in [2.75, 3.05) is 26.9 Å². The van der Waals surface area contributed by atoms with E-state index in [-0.39, 0.29) is 12.6 Å². The van der Waals surface area contributed by atoms with Crippen LogP contribution in [0.25, 0.3) is 0 Å². The molecule has 0 saturated heterocycles. The number of esters is 1. The minimum absolute atomic E-state index is 0.239. The Morgan fingerprint density at radius 2 is 1.95 bits per heavy atom. The number of rotatable bonds is 8. The predicted molar refractivity (Wildman–Crippen MR) is 79.5 cm³/mol. The van der Waals surface area contributed by atoms with Crippen molar-refractivity contribution in [1.29, 1.82) is 0 Å². The van der Waals surface area contributed by atoms with Crippen molar-refractivity contribution in [3.63, 3.8) is 0 Å². The normalized spacial score (nSPS) is 14.1. The SMILES string of the molecule is CCOC(=O)C(COC)(NCC(C)C)c1ccccc1. The zero-order valence-electron chi connectivity index (χ0n) is 12.8. The maximum absolute atomic E-state index is 12.5. The Bertz CT molecular complexity index is 405. The van der Waals surface area contributed by atoms with Crippen molar-refractivity contribution in [2.45, 2.75) is 26.3 Å². The van der Waals surface area contributed by atoms with Crippen molar-refractivity contribution in [1.82, 2.24) is 5.32 Å². The highest BCUT2D eigenvalue weighted by Crippen LogP contribution is 2.24. The van der Waals surface area contributed by atoms with Crippen LogP contribution in [0.5, 0.6) is 0 Å². The smallest absolute Gasteiger partial charge is 0.333 e. The van der Waals surface area contributed by atoms with Crippen LogP contribution in [0.4, 0.5) is 0 Å². The van der Waals surface area contributed by atoms with Gasteiger partial charge in [-0.2, -0.15) is 0 Å². The summed E-state index contributed by atoms with van der Waals surface area (Å²) in [5.74, 6) is 0.123. The standard InChI is InChI=1S/C16H25NO3/c1-5-20-15(18)16(12-19-4,17-11-13(2)3)14-9-7-6-8-10-14/h6-10,13,17H,5,11-12H2,1-4H3. The fourth-order valence-corrected chi connectivity index (χ4v) is 2.06. The van der Waals surface area contributed by atoms with Gasteiger partial charge in [-0.1, -0.05) is 44.2 Å². The van der Waals surface area contributed by atoms with Gasteiger partial charge in [0.15, 0.2) is 5.54 Å². The molecule has 1 aromatic carbocycles. The van der Waals surface area contributed by atoms with Gasteiger partial charge in [-0.3, -0.25) is 5.32 Å². The lowest BCUT2D eigenvalue weighted by Gasteiger charge is -2.33. The molecule has 0 aliphatic rings. The lowest BCUT2D eigenvalue weighted by atomic mass is 9.90. The molecule has 0 spiro atoms. The first-order chi connectivity index (χ1) is 9.56. The van der Waals surface area contributed by atoms with E-state index >= 15 is 0 Å². The van der Waals surface area contributed by atoms with Gasteiger partial charge >= 0.3 is 5.97 Å². The summed E-state index contributed by atoms with van der Waals surface area (Å²) in [6.07, 6.45) is 0. The minimum Gasteiger partial charge on any atom is -0.464 e. The first-order valence-corrected chi connectivity index (χ1v) is 7.03. The number of ether oxygens (including phenoxy) is 2. The van der Waals surface area contributed by atoms with Gasteiger partial charge in [0.2, 0.25) is 0 Å². The summed E-state index contributed by atoms with van der Waals surface area (Å²) in [6.45, 7) is 7.30. The van der Waals surface area contributed by atoms with E-state index < -0.39 is 5.54 Å². The van der Waals surface area contributed by atoms with Gasteiger partial charge in [0.1, 0.15) is 0 Å². The Balaban J connectivity index is 3.15. The Labute approximate surface area is 121 Å². The molecule has 0 aromatic heterocycles. The van der Waals surface area contributed by atoms with E-state index in [0.29, 0.717) is 19.1 Å². The lowest BCUT2D eigenvalue weighted by Crippen LogP contribution is -2.54. The molecule has 0 aliphatic heterocycles. The minimum atomic E-state index is -0.948. The Kier molecular flexibility index (Phi) is 6.68. The fraction of sp³-hybridized carbons (Fsp3) is 0.562. The summed E-state index contributed by atoms with van der Waals surface area (Å²) in [4.78, 5) is 12.5. The molecule has 112 valence electrons. The molecule has 0 saturated carbocycles. The molecule has 4 heteroatoms. The highest BCUT2D eigenvalue weighted by atomic mass is 16.5. The van der Waals surface area contributed by atoms with Crippen LogP contribution in [0, 0.1) is 5.92 Å². The number of hydrogen-bond acceptors (Lipinski definition) is 4. The van der Waals surface area contributed by atoms with E-state index in [1.807, 2.05) is 37.3 Å². The van der Waals surface area contributed by atoms with Crippen molar-refractivity contribution in [3.05, 3.63) is 35.9 Å². The topological polar surface area (TPSA) is 47.6 Å². The molecule has 1 aromatic rings. The Morgan fingerprint density at radius 1 is 1.30 bits per heavy atom. The summed E-state index contributed by atoms with van der Waals surface area (Å²) < 4.78 is 10.6. The Hall–Kier alpha value is -1.39. The van der Waals surface area contributed by atoms with E-state index in [9.17, 15) is 4.79 Å². The maximum Gasteiger partial charge on any atom is 0.333 e. The summed E-state index contributed by atoms with van der Waals surface area (Å²) in [5, 5.41) is 3.33. The number of methoxy groups -OCH3 is 1. The summed E-state index contributed by atoms with van der Waals surface area (Å²) in [7, 11) is 1.59. The molecule has 1 atom stereocenters. The molecule has 1 N–H and O–H groups in total. The molecule has 0 radical (unpaired) electrons.